The van der Waals surface area contributed by atoms with E-state index in [1.54, 1.807) is 6.92 Å². The molecule has 1 fully saturated rings. The molecule has 1 amide bonds. The molecule has 10 nitrogen and oxygen atoms in total. The van der Waals surface area contributed by atoms with E-state index in [9.17, 15) is 18.8 Å². The van der Waals surface area contributed by atoms with E-state index in [0.29, 0.717) is 38.5 Å². The van der Waals surface area contributed by atoms with Crippen LogP contribution in [0.5, 0.6) is 5.75 Å². The van der Waals surface area contributed by atoms with Crippen molar-refractivity contribution in [1.82, 2.24) is 29.4 Å². The van der Waals surface area contributed by atoms with Crippen LogP contribution in [0, 0.1) is 12.7 Å². The number of nitrogens with one attached hydrogen (secondary N) is 1. The number of amides is 1. The molecule has 5 rings (SSSR count). The molecule has 12 heteroatoms. The third kappa shape index (κ3) is 3.59. The molecule has 1 unspecified atom stereocenters. The molecule has 0 aliphatic carbocycles. The molecule has 0 spiro atoms. The first kappa shape index (κ1) is 22.0. The van der Waals surface area contributed by atoms with Crippen LogP contribution in [-0.2, 0) is 17.8 Å². The molecule has 0 bridgehead atoms. The van der Waals surface area contributed by atoms with E-state index < -0.39 is 23.1 Å². The van der Waals surface area contributed by atoms with Crippen molar-refractivity contribution in [2.45, 2.75) is 32.4 Å². The molecule has 0 radical (unpaired) electrons. The maximum absolute atomic E-state index is 13.9. The number of carbonyl (C=O) groups excluding carboxylic acids is 1. The van der Waals surface area contributed by atoms with Gasteiger partial charge < -0.3 is 10.1 Å². The Bertz CT molecular complexity index is 1520. The van der Waals surface area contributed by atoms with Crippen LogP contribution in [0.3, 0.4) is 0 Å². The van der Waals surface area contributed by atoms with Gasteiger partial charge >= 0.3 is 5.69 Å². The third-order valence-electron chi connectivity index (χ3n) is 5.99. The summed E-state index contributed by atoms with van der Waals surface area (Å²) in [6.45, 7) is 2.16. The normalized spacial score (nSPS) is 15.7. The Balaban J connectivity index is 1.70. The summed E-state index contributed by atoms with van der Waals surface area (Å²) in [7, 11) is 1.50. The van der Waals surface area contributed by atoms with Crippen LogP contribution in [0.1, 0.15) is 23.6 Å². The third-order valence-corrected chi connectivity index (χ3v) is 7.27. The number of nitrogens with zero attached hydrogens (tertiary/aromatic N) is 5. The summed E-state index contributed by atoms with van der Waals surface area (Å²) in [5, 5.41) is 12.0. The second-order valence-electron chi connectivity index (χ2n) is 8.01. The Morgan fingerprint density at radius 3 is 2.68 bits per heavy atom. The van der Waals surface area contributed by atoms with Gasteiger partial charge in [0, 0.05) is 25.1 Å². The number of halogens is 1. The van der Waals surface area contributed by atoms with Gasteiger partial charge in [-0.15, -0.1) is 4.80 Å². The number of thiophene rings is 1. The largest absolute Gasteiger partial charge is 0.496 e. The summed E-state index contributed by atoms with van der Waals surface area (Å²) in [6.07, 6.45) is 3.40. The van der Waals surface area contributed by atoms with Crippen molar-refractivity contribution in [3.63, 3.8) is 0 Å². The van der Waals surface area contributed by atoms with Gasteiger partial charge in [-0.05, 0) is 37.1 Å². The van der Waals surface area contributed by atoms with Gasteiger partial charge in [0.05, 0.1) is 30.9 Å². The first-order valence-corrected chi connectivity index (χ1v) is 11.4. The van der Waals surface area contributed by atoms with Gasteiger partial charge in [0.25, 0.3) is 5.56 Å². The molecule has 3 aromatic heterocycles. The van der Waals surface area contributed by atoms with E-state index in [1.807, 2.05) is 0 Å². The van der Waals surface area contributed by atoms with Crippen molar-refractivity contribution in [2.24, 2.45) is 0 Å². The number of rotatable bonds is 6. The standard InChI is InChI=1S/C22H21FN6O4S/c1-12-18-19(31)28(15-10-17(30)24-11-15)22(32)27(21(18)34-20(12)29-25-6-7-26-29)8-5-13-9-14(23)3-4-16(13)33-2/h3-4,6-7,9,15H,5,8,10-11H2,1-2H3,(H,24,30). The van der Waals surface area contributed by atoms with E-state index >= 15 is 0 Å². The summed E-state index contributed by atoms with van der Waals surface area (Å²) < 4.78 is 21.9. The van der Waals surface area contributed by atoms with Crippen molar-refractivity contribution in [3.8, 4) is 10.8 Å². The molecule has 4 aromatic rings. The molecule has 1 saturated heterocycles. The van der Waals surface area contributed by atoms with Gasteiger partial charge in [-0.3, -0.25) is 18.7 Å². The smallest absolute Gasteiger partial charge is 0.332 e. The van der Waals surface area contributed by atoms with E-state index in [4.69, 9.17) is 4.74 Å². The molecule has 1 aromatic carbocycles. The molecule has 1 atom stereocenters. The Morgan fingerprint density at radius 1 is 1.24 bits per heavy atom. The zero-order valence-corrected chi connectivity index (χ0v) is 19.3. The molecule has 34 heavy (non-hydrogen) atoms. The Labute approximate surface area is 196 Å². The second-order valence-corrected chi connectivity index (χ2v) is 8.99. The van der Waals surface area contributed by atoms with Crippen LogP contribution in [0.2, 0.25) is 0 Å². The molecule has 1 aliphatic heterocycles. The van der Waals surface area contributed by atoms with Gasteiger partial charge in [-0.1, -0.05) is 11.3 Å². The molecule has 4 heterocycles. The average molecular weight is 485 g/mol. The number of fused-ring (bicyclic) bond motifs is 1. The quantitative estimate of drug-likeness (QED) is 0.445. The zero-order valence-electron chi connectivity index (χ0n) is 18.4. The molecular formula is C22H21FN6O4S. The SMILES string of the molecule is COc1ccc(F)cc1CCn1c(=O)n(C2CNC(=O)C2)c(=O)c2c(C)c(-n3nccn3)sc21. The number of aromatic nitrogens is 5. The summed E-state index contributed by atoms with van der Waals surface area (Å²) in [5.41, 5.74) is 0.272. The molecule has 0 saturated carbocycles. The fourth-order valence-electron chi connectivity index (χ4n) is 4.33. The van der Waals surface area contributed by atoms with Crippen molar-refractivity contribution in [3.05, 3.63) is 68.4 Å². The van der Waals surface area contributed by atoms with Gasteiger partial charge in [-0.2, -0.15) is 10.2 Å². The Kier molecular flexibility index (Phi) is 5.52. The highest BCUT2D eigenvalue weighted by atomic mass is 32.1. The summed E-state index contributed by atoms with van der Waals surface area (Å²) in [5.74, 6) is -0.114. The highest BCUT2D eigenvalue weighted by molar-refractivity contribution is 7.21. The number of aryl methyl sites for hydroxylation is 3. The van der Waals surface area contributed by atoms with Crippen molar-refractivity contribution in [2.75, 3.05) is 13.7 Å². The van der Waals surface area contributed by atoms with Crippen LogP contribution in [0.25, 0.3) is 15.2 Å². The lowest BCUT2D eigenvalue weighted by Crippen LogP contribution is -2.43. The van der Waals surface area contributed by atoms with Crippen molar-refractivity contribution in [1.29, 1.82) is 0 Å². The lowest BCUT2D eigenvalue weighted by molar-refractivity contribution is -0.119. The Morgan fingerprint density at radius 2 is 2.00 bits per heavy atom. The fraction of sp³-hybridized carbons (Fsp3) is 0.318. The topological polar surface area (TPSA) is 113 Å². The van der Waals surface area contributed by atoms with E-state index in [2.05, 4.69) is 15.5 Å². The average Bonchev–Trinajstić information content (AvgIpc) is 3.55. The maximum Gasteiger partial charge on any atom is 0.332 e. The minimum absolute atomic E-state index is 0.0507. The monoisotopic (exact) mass is 484 g/mol. The van der Waals surface area contributed by atoms with Gasteiger partial charge in [-0.25, -0.2) is 9.18 Å². The van der Waals surface area contributed by atoms with Crippen molar-refractivity contribution >= 4 is 27.5 Å². The van der Waals surface area contributed by atoms with Crippen LogP contribution in [0.4, 0.5) is 4.39 Å². The highest BCUT2D eigenvalue weighted by Crippen LogP contribution is 2.31. The molecule has 176 valence electrons. The fourth-order valence-corrected chi connectivity index (χ4v) is 5.57. The van der Waals surface area contributed by atoms with E-state index in [-0.39, 0.29) is 25.4 Å². The van der Waals surface area contributed by atoms with E-state index in [0.717, 1.165) is 4.57 Å². The number of carbonyl (C=O) groups is 1. The molecule has 1 N–H and O–H groups in total. The number of benzene rings is 1. The highest BCUT2D eigenvalue weighted by Gasteiger charge is 2.29. The first-order chi connectivity index (χ1) is 16.4. The minimum Gasteiger partial charge on any atom is -0.496 e. The van der Waals surface area contributed by atoms with Gasteiger partial charge in [0.1, 0.15) is 21.4 Å². The first-order valence-electron chi connectivity index (χ1n) is 10.6. The molecule has 1 aliphatic rings. The predicted octanol–water partition coefficient (Wildman–Crippen LogP) is 1.57. The summed E-state index contributed by atoms with van der Waals surface area (Å²) >= 11 is 1.24. The van der Waals surface area contributed by atoms with E-state index in [1.165, 1.54) is 58.4 Å². The lowest BCUT2D eigenvalue weighted by atomic mass is 10.1. The minimum atomic E-state index is -0.586. The zero-order chi connectivity index (χ0) is 24.0. The van der Waals surface area contributed by atoms with Gasteiger partial charge in [0.2, 0.25) is 5.91 Å². The van der Waals surface area contributed by atoms with Crippen LogP contribution in [-0.4, -0.2) is 43.7 Å². The number of methoxy groups -OCH3 is 1. The van der Waals surface area contributed by atoms with Crippen LogP contribution >= 0.6 is 11.3 Å². The maximum atomic E-state index is 13.9. The van der Waals surface area contributed by atoms with Crippen LogP contribution < -0.4 is 21.3 Å². The molecular weight excluding hydrogens is 463 g/mol. The van der Waals surface area contributed by atoms with Crippen LogP contribution in [0.15, 0.2) is 40.2 Å². The summed E-state index contributed by atoms with van der Waals surface area (Å²) in [4.78, 5) is 40.8. The number of ether oxygens (including phenoxy) is 1. The summed E-state index contributed by atoms with van der Waals surface area (Å²) in [6, 6.07) is 3.63. The predicted molar refractivity (Wildman–Crippen MR) is 123 cm³/mol. The van der Waals surface area contributed by atoms with Crippen molar-refractivity contribution < 1.29 is 13.9 Å². The number of hydrogen-bond donors (Lipinski definition) is 1. The number of hydrogen-bond acceptors (Lipinski definition) is 7. The second kappa shape index (κ2) is 8.52. The lowest BCUT2D eigenvalue weighted by Gasteiger charge is -2.16. The Hall–Kier alpha value is -3.80. The van der Waals surface area contributed by atoms with Gasteiger partial charge in [0.15, 0.2) is 0 Å².